The SMILES string of the molecule is Clc1nc(-c2cccc(-c3ccccc3)c2)nc(-c2ccc3c4ccccc4c4ccccc4c3c2)n1. The predicted molar refractivity (Wildman–Crippen MR) is 154 cm³/mol. The van der Waals surface area contributed by atoms with Crippen molar-refractivity contribution in [3.05, 3.63) is 127 Å². The molecule has 0 radical (unpaired) electrons. The molecule has 0 bridgehead atoms. The highest BCUT2D eigenvalue weighted by molar-refractivity contribution is 6.28. The van der Waals surface area contributed by atoms with E-state index in [0.717, 1.165) is 27.6 Å². The second-order valence-corrected chi connectivity index (χ2v) is 9.39. The maximum atomic E-state index is 6.44. The number of rotatable bonds is 3. The van der Waals surface area contributed by atoms with Gasteiger partial charge in [0.1, 0.15) is 0 Å². The van der Waals surface area contributed by atoms with Crippen molar-refractivity contribution < 1.29 is 0 Å². The highest BCUT2D eigenvalue weighted by Gasteiger charge is 2.13. The summed E-state index contributed by atoms with van der Waals surface area (Å²) >= 11 is 6.44. The van der Waals surface area contributed by atoms with Gasteiger partial charge in [-0.1, -0.05) is 109 Å². The smallest absolute Gasteiger partial charge is 0.208 e. The van der Waals surface area contributed by atoms with Crippen molar-refractivity contribution in [1.29, 1.82) is 0 Å². The maximum Gasteiger partial charge on any atom is 0.226 e. The normalized spacial score (nSPS) is 11.4. The van der Waals surface area contributed by atoms with Crippen molar-refractivity contribution >= 4 is 43.9 Å². The summed E-state index contributed by atoms with van der Waals surface area (Å²) in [4.78, 5) is 13.8. The molecule has 0 saturated carbocycles. The Bertz CT molecular complexity index is 1910. The summed E-state index contributed by atoms with van der Waals surface area (Å²) in [6, 6.07) is 41.9. The monoisotopic (exact) mass is 493 g/mol. The molecule has 7 rings (SSSR count). The van der Waals surface area contributed by atoms with Crippen LogP contribution in [0.3, 0.4) is 0 Å². The van der Waals surface area contributed by atoms with Gasteiger partial charge in [-0.2, -0.15) is 9.97 Å². The molecule has 0 saturated heterocycles. The van der Waals surface area contributed by atoms with E-state index in [1.807, 2.05) is 30.3 Å². The van der Waals surface area contributed by atoms with Crippen LogP contribution >= 0.6 is 11.6 Å². The Hall–Kier alpha value is -4.60. The summed E-state index contributed by atoms with van der Waals surface area (Å²) in [7, 11) is 0. The minimum absolute atomic E-state index is 0.175. The van der Waals surface area contributed by atoms with Crippen LogP contribution in [0.5, 0.6) is 0 Å². The van der Waals surface area contributed by atoms with E-state index in [9.17, 15) is 0 Å². The van der Waals surface area contributed by atoms with Crippen LogP contribution in [-0.2, 0) is 0 Å². The molecule has 0 atom stereocenters. The van der Waals surface area contributed by atoms with E-state index in [1.165, 1.54) is 26.9 Å². The van der Waals surface area contributed by atoms with Gasteiger partial charge in [0.05, 0.1) is 0 Å². The quantitative estimate of drug-likeness (QED) is 0.230. The van der Waals surface area contributed by atoms with E-state index in [4.69, 9.17) is 16.6 Å². The molecule has 3 nitrogen and oxygen atoms in total. The third kappa shape index (κ3) is 3.81. The number of benzene rings is 6. The molecule has 6 aromatic carbocycles. The van der Waals surface area contributed by atoms with Gasteiger partial charge in [-0.25, -0.2) is 4.98 Å². The van der Waals surface area contributed by atoms with Crippen molar-refractivity contribution in [2.75, 3.05) is 0 Å². The molecule has 7 aromatic rings. The first-order valence-corrected chi connectivity index (χ1v) is 12.5. The molecule has 0 aliphatic heterocycles. The minimum Gasteiger partial charge on any atom is -0.208 e. The Balaban J connectivity index is 1.40. The maximum absolute atomic E-state index is 6.44. The van der Waals surface area contributed by atoms with Gasteiger partial charge >= 0.3 is 0 Å². The number of aromatic nitrogens is 3. The Labute approximate surface area is 219 Å². The first kappa shape index (κ1) is 21.7. The fourth-order valence-corrected chi connectivity index (χ4v) is 5.28. The van der Waals surface area contributed by atoms with Crippen LogP contribution < -0.4 is 0 Å². The summed E-state index contributed by atoms with van der Waals surface area (Å²) < 4.78 is 0. The molecule has 0 fully saturated rings. The molecule has 174 valence electrons. The van der Waals surface area contributed by atoms with Crippen LogP contribution in [0.25, 0.3) is 66.2 Å². The molecule has 0 N–H and O–H groups in total. The molecule has 0 unspecified atom stereocenters. The first-order chi connectivity index (χ1) is 18.2. The summed E-state index contributed by atoms with van der Waals surface area (Å²) in [5.41, 5.74) is 4.03. The number of halogens is 1. The summed E-state index contributed by atoms with van der Waals surface area (Å²) in [5, 5.41) is 7.46. The number of nitrogens with zero attached hydrogens (tertiary/aromatic N) is 3. The average molecular weight is 494 g/mol. The van der Waals surface area contributed by atoms with Gasteiger partial charge < -0.3 is 0 Å². The lowest BCUT2D eigenvalue weighted by molar-refractivity contribution is 1.07. The van der Waals surface area contributed by atoms with E-state index >= 15 is 0 Å². The van der Waals surface area contributed by atoms with Crippen LogP contribution in [0.1, 0.15) is 0 Å². The fraction of sp³-hybridized carbons (Fsp3) is 0. The van der Waals surface area contributed by atoms with Crippen molar-refractivity contribution in [3.8, 4) is 33.9 Å². The lowest BCUT2D eigenvalue weighted by Gasteiger charge is -2.12. The topological polar surface area (TPSA) is 38.7 Å². The molecule has 0 aliphatic carbocycles. The zero-order chi connectivity index (χ0) is 24.8. The Morgan fingerprint density at radius 1 is 0.351 bits per heavy atom. The molecule has 0 spiro atoms. The van der Waals surface area contributed by atoms with Crippen LogP contribution in [0, 0.1) is 0 Å². The van der Waals surface area contributed by atoms with Gasteiger partial charge in [0.25, 0.3) is 0 Å². The summed E-state index contributed by atoms with van der Waals surface area (Å²) in [6.07, 6.45) is 0. The highest BCUT2D eigenvalue weighted by atomic mass is 35.5. The van der Waals surface area contributed by atoms with Crippen molar-refractivity contribution in [3.63, 3.8) is 0 Å². The van der Waals surface area contributed by atoms with E-state index in [-0.39, 0.29) is 5.28 Å². The lowest BCUT2D eigenvalue weighted by atomic mass is 9.93. The number of hydrogen-bond donors (Lipinski definition) is 0. The summed E-state index contributed by atoms with van der Waals surface area (Å²) in [6.45, 7) is 0. The lowest BCUT2D eigenvalue weighted by Crippen LogP contribution is -1.97. The zero-order valence-electron chi connectivity index (χ0n) is 19.8. The van der Waals surface area contributed by atoms with Gasteiger partial charge in [0.15, 0.2) is 11.6 Å². The third-order valence-corrected chi connectivity index (χ3v) is 7.01. The Morgan fingerprint density at radius 3 is 1.49 bits per heavy atom. The second-order valence-electron chi connectivity index (χ2n) is 9.05. The molecule has 1 aromatic heterocycles. The van der Waals surface area contributed by atoms with E-state index in [0.29, 0.717) is 11.6 Å². The van der Waals surface area contributed by atoms with Crippen LogP contribution in [0.4, 0.5) is 0 Å². The minimum atomic E-state index is 0.175. The average Bonchev–Trinajstić information content (AvgIpc) is 2.97. The highest BCUT2D eigenvalue weighted by Crippen LogP contribution is 2.37. The molecule has 0 aliphatic rings. The van der Waals surface area contributed by atoms with Gasteiger partial charge in [0, 0.05) is 11.1 Å². The van der Waals surface area contributed by atoms with Gasteiger partial charge in [0.2, 0.25) is 5.28 Å². The second kappa shape index (κ2) is 8.81. The van der Waals surface area contributed by atoms with Crippen LogP contribution in [-0.4, -0.2) is 15.0 Å². The zero-order valence-corrected chi connectivity index (χ0v) is 20.5. The van der Waals surface area contributed by atoms with E-state index < -0.39 is 0 Å². The van der Waals surface area contributed by atoms with Gasteiger partial charge in [-0.05, 0) is 67.2 Å². The Morgan fingerprint density at radius 2 is 0.838 bits per heavy atom. The van der Waals surface area contributed by atoms with Crippen LogP contribution in [0.15, 0.2) is 121 Å². The fourth-order valence-electron chi connectivity index (χ4n) is 5.12. The molecular weight excluding hydrogens is 474 g/mol. The van der Waals surface area contributed by atoms with Crippen molar-refractivity contribution in [2.24, 2.45) is 0 Å². The molecule has 4 heteroatoms. The molecule has 1 heterocycles. The van der Waals surface area contributed by atoms with Gasteiger partial charge in [-0.15, -0.1) is 0 Å². The largest absolute Gasteiger partial charge is 0.226 e. The first-order valence-electron chi connectivity index (χ1n) is 12.2. The predicted octanol–water partition coefficient (Wildman–Crippen LogP) is 8.99. The number of fused-ring (bicyclic) bond motifs is 6. The van der Waals surface area contributed by atoms with Gasteiger partial charge in [-0.3, -0.25) is 0 Å². The van der Waals surface area contributed by atoms with E-state index in [1.54, 1.807) is 0 Å². The van der Waals surface area contributed by atoms with Crippen molar-refractivity contribution in [1.82, 2.24) is 15.0 Å². The molecule has 0 amide bonds. The van der Waals surface area contributed by atoms with Crippen molar-refractivity contribution in [2.45, 2.75) is 0 Å². The Kier molecular flexibility index (Phi) is 5.16. The summed E-state index contributed by atoms with van der Waals surface area (Å²) in [5.74, 6) is 1.11. The number of hydrogen-bond acceptors (Lipinski definition) is 3. The van der Waals surface area contributed by atoms with E-state index in [2.05, 4.69) is 101 Å². The molecular formula is C33H20ClN3. The van der Waals surface area contributed by atoms with Crippen LogP contribution in [0.2, 0.25) is 5.28 Å². The standard InChI is InChI=1S/C33H20ClN3/c34-33-36-31(23-12-8-11-22(19-23)21-9-2-1-3-10-21)35-32(37-33)24-17-18-29-27-15-5-4-13-25(27)26-14-6-7-16-28(26)30(29)20-24/h1-20H. The third-order valence-electron chi connectivity index (χ3n) is 6.84. The molecule has 37 heavy (non-hydrogen) atoms.